The lowest BCUT2D eigenvalue weighted by Gasteiger charge is -2.25. The van der Waals surface area contributed by atoms with E-state index in [0.717, 1.165) is 0 Å². The average Bonchev–Trinajstić information content (AvgIpc) is 3.38. The summed E-state index contributed by atoms with van der Waals surface area (Å²) in [6, 6.07) is -0.711. The number of fused-ring (bicyclic) bond motifs is 1. The summed E-state index contributed by atoms with van der Waals surface area (Å²) in [6.07, 6.45) is 0.552. The van der Waals surface area contributed by atoms with Crippen LogP contribution in [0.4, 0.5) is 5.82 Å². The van der Waals surface area contributed by atoms with Crippen molar-refractivity contribution in [3.8, 4) is 0 Å². The summed E-state index contributed by atoms with van der Waals surface area (Å²) >= 11 is 0. The maximum atomic E-state index is 12.2. The Labute approximate surface area is 210 Å². The molecule has 0 aromatic carbocycles. The zero-order chi connectivity index (χ0) is 26.4. The van der Waals surface area contributed by atoms with Crippen molar-refractivity contribution in [2.24, 2.45) is 0 Å². The lowest BCUT2D eigenvalue weighted by molar-refractivity contribution is -0.149. The van der Waals surface area contributed by atoms with Crippen LogP contribution >= 0.6 is 8.45 Å². The fourth-order valence-corrected chi connectivity index (χ4v) is 4.68. The van der Waals surface area contributed by atoms with Gasteiger partial charge in [-0.2, -0.15) is 0 Å². The number of nitrogens with two attached hydrogens (primary N) is 1. The second kappa shape index (κ2) is 12.7. The number of ether oxygens (including phenoxy) is 3. The molecule has 5 unspecified atom stereocenters. The molecule has 36 heavy (non-hydrogen) atoms. The third-order valence-corrected chi connectivity index (χ3v) is 6.49. The Kier molecular flexibility index (Phi) is 9.88. The van der Waals surface area contributed by atoms with Gasteiger partial charge in [0.2, 0.25) is 0 Å². The first-order valence-electron chi connectivity index (χ1n) is 11.6. The molecule has 0 radical (unpaired) electrons. The van der Waals surface area contributed by atoms with E-state index in [2.05, 4.69) is 25.1 Å². The highest BCUT2D eigenvalue weighted by atomic mass is 31.2. The first-order valence-corrected chi connectivity index (χ1v) is 12.9. The number of nitrogens with one attached hydrogen (secondary N) is 2. The van der Waals surface area contributed by atoms with Gasteiger partial charge >= 0.3 is 11.9 Å². The van der Waals surface area contributed by atoms with E-state index < -0.39 is 44.9 Å². The molecule has 2 aromatic heterocycles. The predicted molar refractivity (Wildman–Crippen MR) is 130 cm³/mol. The number of carbonyl (C=O) groups is 2. The Morgan fingerprint density at radius 1 is 1.22 bits per heavy atom. The number of esters is 2. The predicted octanol–water partition coefficient (Wildman–Crippen LogP) is 0.771. The fourth-order valence-electron chi connectivity index (χ4n) is 3.40. The molecule has 1 aliphatic heterocycles. The minimum atomic E-state index is -1.69. The molecular weight excluding hydrogens is 493 g/mol. The molecule has 0 bridgehead atoms. The third-order valence-electron chi connectivity index (χ3n) is 5.02. The molecule has 0 amide bonds. The number of nitrogen functional groups attached to an aromatic ring is 1. The van der Waals surface area contributed by atoms with Crippen molar-refractivity contribution in [2.45, 2.75) is 77.7 Å². The van der Waals surface area contributed by atoms with Crippen LogP contribution in [0.1, 0.15) is 47.3 Å². The number of rotatable bonds is 12. The van der Waals surface area contributed by atoms with E-state index in [4.69, 9.17) is 24.5 Å². The second-order valence-corrected chi connectivity index (χ2v) is 10.2. The molecule has 3 rings (SSSR count). The summed E-state index contributed by atoms with van der Waals surface area (Å²) in [7, 11) is -1.69. The highest BCUT2D eigenvalue weighted by molar-refractivity contribution is 7.48. The van der Waals surface area contributed by atoms with Gasteiger partial charge in [-0.3, -0.25) is 14.2 Å². The number of anilines is 1. The van der Waals surface area contributed by atoms with Gasteiger partial charge in [0, 0.05) is 6.42 Å². The van der Waals surface area contributed by atoms with E-state index >= 15 is 0 Å². The Balaban J connectivity index is 1.62. The quantitative estimate of drug-likeness (QED) is 0.224. The van der Waals surface area contributed by atoms with Gasteiger partial charge in [0.25, 0.3) is 0 Å². The molecule has 1 saturated heterocycles. The summed E-state index contributed by atoms with van der Waals surface area (Å²) in [6.45, 7) is 8.48. The van der Waals surface area contributed by atoms with Crippen molar-refractivity contribution in [3.05, 3.63) is 12.7 Å². The van der Waals surface area contributed by atoms with Crippen LogP contribution in [0.3, 0.4) is 0 Å². The number of hydrogen-bond acceptors (Lipinski definition) is 13. The molecule has 200 valence electrons. The van der Waals surface area contributed by atoms with Crippen molar-refractivity contribution in [1.29, 1.82) is 0 Å². The van der Waals surface area contributed by atoms with Crippen LogP contribution in [0.5, 0.6) is 0 Å². The Morgan fingerprint density at radius 3 is 2.64 bits per heavy atom. The van der Waals surface area contributed by atoms with Crippen molar-refractivity contribution in [2.75, 3.05) is 18.9 Å². The van der Waals surface area contributed by atoms with Crippen LogP contribution in [-0.2, 0) is 28.3 Å². The number of aliphatic hydroxyl groups is 1. The maximum absolute atomic E-state index is 12.2. The molecule has 0 aliphatic carbocycles. The largest absolute Gasteiger partial charge is 0.462 e. The van der Waals surface area contributed by atoms with Crippen molar-refractivity contribution in [1.82, 2.24) is 29.7 Å². The molecule has 3 heterocycles. The van der Waals surface area contributed by atoms with Gasteiger partial charge < -0.3 is 29.6 Å². The van der Waals surface area contributed by atoms with Crippen LogP contribution in [-0.4, -0.2) is 80.2 Å². The normalized spacial score (nSPS) is 21.7. The van der Waals surface area contributed by atoms with Gasteiger partial charge in [0.15, 0.2) is 19.9 Å². The standard InChI is InChI=1S/C21H34N7O7P/c1-11(2)33-17(30)7-26-36(27-13(5)21(31)34-12(3)4)32-8-15-14(29)6-16(35-15)28-10-25-18-19(22)23-9-24-20(18)28/h9-16,26-27,29H,6-8H2,1-5H3,(H2,22,23,24). The van der Waals surface area contributed by atoms with E-state index in [9.17, 15) is 14.7 Å². The summed E-state index contributed by atoms with van der Waals surface area (Å²) in [4.78, 5) is 36.6. The SMILES string of the molecule is CC(C)OC(=O)CNP(NC(C)C(=O)OC(C)C)OCC1OC(n2cnc3c(N)ncnc32)CC1O. The number of aliphatic hydroxyl groups excluding tert-OH is 1. The Bertz CT molecular complexity index is 1040. The number of imidazole rings is 1. The summed E-state index contributed by atoms with van der Waals surface area (Å²) in [5.74, 6) is -0.676. The molecular formula is C21H34N7O7P. The number of hydrogen-bond donors (Lipinski definition) is 4. The van der Waals surface area contributed by atoms with Gasteiger partial charge in [-0.15, -0.1) is 0 Å². The van der Waals surface area contributed by atoms with E-state index in [1.807, 2.05) is 0 Å². The minimum absolute atomic E-state index is 0.0156. The lowest BCUT2D eigenvalue weighted by atomic mass is 10.2. The molecule has 0 saturated carbocycles. The second-order valence-electron chi connectivity index (χ2n) is 8.82. The molecule has 5 N–H and O–H groups in total. The Hall–Kier alpha value is -2.48. The number of nitrogens with zero attached hydrogens (tertiary/aromatic N) is 4. The number of aromatic nitrogens is 4. The summed E-state index contributed by atoms with van der Waals surface area (Å²) in [5, 5.41) is 16.5. The minimum Gasteiger partial charge on any atom is -0.462 e. The van der Waals surface area contributed by atoms with Crippen LogP contribution in [0, 0.1) is 0 Å². The van der Waals surface area contributed by atoms with E-state index in [0.29, 0.717) is 11.2 Å². The third kappa shape index (κ3) is 7.51. The first-order chi connectivity index (χ1) is 17.0. The Morgan fingerprint density at radius 2 is 1.94 bits per heavy atom. The van der Waals surface area contributed by atoms with E-state index in [1.165, 1.54) is 12.7 Å². The van der Waals surface area contributed by atoms with E-state index in [1.54, 1.807) is 39.2 Å². The molecule has 14 nitrogen and oxygen atoms in total. The van der Waals surface area contributed by atoms with Crippen molar-refractivity contribution >= 4 is 37.4 Å². The van der Waals surface area contributed by atoms with Crippen molar-refractivity contribution in [3.63, 3.8) is 0 Å². The summed E-state index contributed by atoms with van der Waals surface area (Å²) in [5.41, 5.74) is 6.79. The zero-order valence-electron chi connectivity index (χ0n) is 21.0. The van der Waals surface area contributed by atoms with Crippen molar-refractivity contribution < 1.29 is 33.4 Å². The molecule has 1 aliphatic rings. The summed E-state index contributed by atoms with van der Waals surface area (Å²) < 4.78 is 24.0. The average molecular weight is 528 g/mol. The molecule has 15 heteroatoms. The van der Waals surface area contributed by atoms with Gasteiger partial charge in [-0.05, 0) is 34.6 Å². The van der Waals surface area contributed by atoms with Crippen LogP contribution < -0.4 is 15.9 Å². The number of carbonyl (C=O) groups excluding carboxylic acids is 2. The molecule has 0 spiro atoms. The maximum Gasteiger partial charge on any atom is 0.323 e. The fraction of sp³-hybridized carbons (Fsp3) is 0.667. The highest BCUT2D eigenvalue weighted by Gasteiger charge is 2.37. The van der Waals surface area contributed by atoms with Gasteiger partial charge in [0.05, 0.1) is 31.2 Å². The van der Waals surface area contributed by atoms with Gasteiger partial charge in [-0.1, -0.05) is 0 Å². The molecule has 2 aromatic rings. The smallest absolute Gasteiger partial charge is 0.323 e. The zero-order valence-corrected chi connectivity index (χ0v) is 21.8. The van der Waals surface area contributed by atoms with Gasteiger partial charge in [0.1, 0.15) is 36.8 Å². The monoisotopic (exact) mass is 527 g/mol. The topological polar surface area (TPSA) is 185 Å². The molecule has 5 atom stereocenters. The van der Waals surface area contributed by atoms with Crippen LogP contribution in [0.25, 0.3) is 11.2 Å². The molecule has 1 fully saturated rings. The van der Waals surface area contributed by atoms with E-state index in [-0.39, 0.29) is 37.6 Å². The lowest BCUT2D eigenvalue weighted by Crippen LogP contribution is -2.38. The van der Waals surface area contributed by atoms with Crippen LogP contribution in [0.15, 0.2) is 12.7 Å². The highest BCUT2D eigenvalue weighted by Crippen LogP contribution is 2.34. The first kappa shape index (κ1) is 28.1. The van der Waals surface area contributed by atoms with Crippen LogP contribution in [0.2, 0.25) is 0 Å². The van der Waals surface area contributed by atoms with Gasteiger partial charge in [-0.25, -0.2) is 25.1 Å².